The summed E-state index contributed by atoms with van der Waals surface area (Å²) in [5.74, 6) is -0.644. The Hall–Kier alpha value is -2.36. The van der Waals surface area contributed by atoms with Crippen LogP contribution in [0.15, 0.2) is 59.7 Å². The summed E-state index contributed by atoms with van der Waals surface area (Å²) in [6, 6.07) is 15.5. The van der Waals surface area contributed by atoms with Gasteiger partial charge in [0.2, 0.25) is 0 Å². The first-order valence-corrected chi connectivity index (χ1v) is 7.13. The van der Waals surface area contributed by atoms with E-state index in [1.54, 1.807) is 12.1 Å². The van der Waals surface area contributed by atoms with E-state index in [1.807, 2.05) is 37.3 Å². The van der Waals surface area contributed by atoms with Crippen LogP contribution in [0.1, 0.15) is 30.1 Å². The lowest BCUT2D eigenvalue weighted by Gasteiger charge is -2.28. The van der Waals surface area contributed by atoms with E-state index in [9.17, 15) is 9.50 Å². The minimum absolute atomic E-state index is 0.00764. The topological polar surface area (TPSA) is 69.0 Å². The van der Waals surface area contributed by atoms with Gasteiger partial charge in [0.15, 0.2) is 0 Å². The van der Waals surface area contributed by atoms with Crippen LogP contribution >= 0.6 is 0 Å². The predicted octanol–water partition coefficient (Wildman–Crippen LogP) is 4.59. The van der Waals surface area contributed by atoms with Crippen molar-refractivity contribution in [1.82, 2.24) is 0 Å². The second-order valence-electron chi connectivity index (χ2n) is 5.27. The SMILES string of the molecule is C[C@H](c1ccccc1)[C@H](CN=[N+]=[N-])[C@@H](O)c1ccc(F)cc1. The molecular formula is C17H18FN3O. The average Bonchev–Trinajstić information content (AvgIpc) is 2.56. The first-order chi connectivity index (χ1) is 10.6. The van der Waals surface area contributed by atoms with Crippen LogP contribution < -0.4 is 0 Å². The van der Waals surface area contributed by atoms with E-state index in [0.717, 1.165) is 5.56 Å². The normalized spacial score (nSPS) is 14.7. The number of rotatable bonds is 6. The van der Waals surface area contributed by atoms with Crippen LogP contribution in [0.2, 0.25) is 0 Å². The van der Waals surface area contributed by atoms with Crippen molar-refractivity contribution >= 4 is 0 Å². The van der Waals surface area contributed by atoms with Crippen LogP contribution in [0.25, 0.3) is 10.4 Å². The molecule has 2 aromatic rings. The van der Waals surface area contributed by atoms with E-state index in [4.69, 9.17) is 5.53 Å². The molecule has 0 heterocycles. The van der Waals surface area contributed by atoms with Gasteiger partial charge in [-0.25, -0.2) is 4.39 Å². The number of nitrogens with zero attached hydrogens (tertiary/aromatic N) is 3. The van der Waals surface area contributed by atoms with Gasteiger partial charge in [-0.1, -0.05) is 54.5 Å². The monoisotopic (exact) mass is 299 g/mol. The highest BCUT2D eigenvalue weighted by atomic mass is 19.1. The van der Waals surface area contributed by atoms with E-state index in [2.05, 4.69) is 10.0 Å². The molecule has 1 N–H and O–H groups in total. The van der Waals surface area contributed by atoms with E-state index in [-0.39, 0.29) is 24.2 Å². The summed E-state index contributed by atoms with van der Waals surface area (Å²) < 4.78 is 13.0. The Kier molecular flexibility index (Phi) is 5.53. The van der Waals surface area contributed by atoms with Crippen molar-refractivity contribution < 1.29 is 9.50 Å². The van der Waals surface area contributed by atoms with Gasteiger partial charge in [-0.05, 0) is 34.7 Å². The van der Waals surface area contributed by atoms with Gasteiger partial charge < -0.3 is 5.11 Å². The maximum absolute atomic E-state index is 13.0. The quantitative estimate of drug-likeness (QED) is 0.473. The number of halogens is 1. The highest BCUT2D eigenvalue weighted by molar-refractivity contribution is 5.24. The zero-order valence-corrected chi connectivity index (χ0v) is 12.3. The van der Waals surface area contributed by atoms with E-state index in [1.165, 1.54) is 12.1 Å². The van der Waals surface area contributed by atoms with Crippen molar-refractivity contribution in [3.63, 3.8) is 0 Å². The molecule has 4 nitrogen and oxygen atoms in total. The Labute approximate surface area is 128 Å². The molecule has 0 amide bonds. The fraction of sp³-hybridized carbons (Fsp3) is 0.294. The van der Waals surface area contributed by atoms with Gasteiger partial charge in [-0.2, -0.15) is 0 Å². The van der Waals surface area contributed by atoms with Gasteiger partial charge in [0.25, 0.3) is 0 Å². The second kappa shape index (κ2) is 7.59. The summed E-state index contributed by atoms with van der Waals surface area (Å²) in [7, 11) is 0. The third-order valence-electron chi connectivity index (χ3n) is 3.94. The van der Waals surface area contributed by atoms with Crippen molar-refractivity contribution in [2.24, 2.45) is 11.0 Å². The van der Waals surface area contributed by atoms with Gasteiger partial charge in [0.1, 0.15) is 5.82 Å². The molecule has 0 saturated heterocycles. The Morgan fingerprint density at radius 2 is 1.73 bits per heavy atom. The van der Waals surface area contributed by atoms with Gasteiger partial charge in [0.05, 0.1) is 6.10 Å². The lowest BCUT2D eigenvalue weighted by molar-refractivity contribution is 0.0991. The lowest BCUT2D eigenvalue weighted by Crippen LogP contribution is -2.22. The molecule has 0 spiro atoms. The average molecular weight is 299 g/mol. The third kappa shape index (κ3) is 3.85. The number of azide groups is 1. The molecule has 0 saturated carbocycles. The van der Waals surface area contributed by atoms with Gasteiger partial charge in [-0.15, -0.1) is 0 Å². The molecule has 0 radical (unpaired) electrons. The first kappa shape index (κ1) is 16.0. The standard InChI is InChI=1S/C17H18FN3O/c1-12(13-5-3-2-4-6-13)16(11-20-21-19)17(22)14-7-9-15(18)10-8-14/h2-10,12,16-17,22H,11H2,1H3/t12-,16+,17+/m1/s1. The maximum atomic E-state index is 13.0. The molecule has 114 valence electrons. The molecule has 0 fully saturated rings. The summed E-state index contributed by atoms with van der Waals surface area (Å²) in [6.07, 6.45) is -0.832. The first-order valence-electron chi connectivity index (χ1n) is 7.13. The number of hydrogen-bond donors (Lipinski definition) is 1. The van der Waals surface area contributed by atoms with E-state index in [0.29, 0.717) is 5.56 Å². The van der Waals surface area contributed by atoms with Crippen LogP contribution in [0.3, 0.4) is 0 Å². The molecule has 0 aliphatic heterocycles. The van der Waals surface area contributed by atoms with Crippen molar-refractivity contribution in [1.29, 1.82) is 0 Å². The Balaban J connectivity index is 2.28. The number of benzene rings is 2. The van der Waals surface area contributed by atoms with Gasteiger partial charge >= 0.3 is 0 Å². The van der Waals surface area contributed by atoms with Crippen LogP contribution in [-0.2, 0) is 0 Å². The molecule has 0 aliphatic carbocycles. The Morgan fingerprint density at radius 1 is 1.09 bits per heavy atom. The zero-order chi connectivity index (χ0) is 15.9. The van der Waals surface area contributed by atoms with Gasteiger partial charge in [0, 0.05) is 17.4 Å². The Morgan fingerprint density at radius 3 is 2.32 bits per heavy atom. The number of aliphatic hydroxyl groups is 1. The fourth-order valence-electron chi connectivity index (χ4n) is 2.57. The molecular weight excluding hydrogens is 281 g/mol. The highest BCUT2D eigenvalue weighted by Crippen LogP contribution is 2.34. The van der Waals surface area contributed by atoms with Gasteiger partial charge in [-0.3, -0.25) is 0 Å². The third-order valence-corrected chi connectivity index (χ3v) is 3.94. The summed E-state index contributed by atoms with van der Waals surface area (Å²) in [5.41, 5.74) is 10.3. The molecule has 3 atom stereocenters. The van der Waals surface area contributed by atoms with Crippen molar-refractivity contribution in [2.75, 3.05) is 6.54 Å². The summed E-state index contributed by atoms with van der Waals surface area (Å²) in [5, 5.41) is 14.3. The molecule has 0 aromatic heterocycles. The molecule has 0 bridgehead atoms. The van der Waals surface area contributed by atoms with Crippen LogP contribution in [-0.4, -0.2) is 11.7 Å². The fourth-order valence-corrected chi connectivity index (χ4v) is 2.57. The minimum Gasteiger partial charge on any atom is -0.388 e. The summed E-state index contributed by atoms with van der Waals surface area (Å²) in [4.78, 5) is 2.80. The molecule has 5 heteroatoms. The van der Waals surface area contributed by atoms with Crippen molar-refractivity contribution in [2.45, 2.75) is 18.9 Å². The molecule has 0 aliphatic rings. The largest absolute Gasteiger partial charge is 0.388 e. The molecule has 0 unspecified atom stereocenters. The predicted molar refractivity (Wildman–Crippen MR) is 83.7 cm³/mol. The highest BCUT2D eigenvalue weighted by Gasteiger charge is 2.27. The number of aliphatic hydroxyl groups excluding tert-OH is 1. The summed E-state index contributed by atoms with van der Waals surface area (Å²) >= 11 is 0. The molecule has 2 aromatic carbocycles. The minimum atomic E-state index is -0.832. The maximum Gasteiger partial charge on any atom is 0.123 e. The smallest absolute Gasteiger partial charge is 0.123 e. The number of hydrogen-bond acceptors (Lipinski definition) is 2. The van der Waals surface area contributed by atoms with E-state index >= 15 is 0 Å². The van der Waals surface area contributed by atoms with Crippen molar-refractivity contribution in [3.05, 3.63) is 82.0 Å². The lowest BCUT2D eigenvalue weighted by atomic mass is 9.81. The van der Waals surface area contributed by atoms with Crippen molar-refractivity contribution in [3.8, 4) is 0 Å². The van der Waals surface area contributed by atoms with Crippen LogP contribution in [0, 0.1) is 11.7 Å². The molecule has 22 heavy (non-hydrogen) atoms. The van der Waals surface area contributed by atoms with Crippen LogP contribution in [0.4, 0.5) is 4.39 Å². The van der Waals surface area contributed by atoms with E-state index < -0.39 is 6.10 Å². The summed E-state index contributed by atoms with van der Waals surface area (Å²) in [6.45, 7) is 2.16. The van der Waals surface area contributed by atoms with Crippen LogP contribution in [0.5, 0.6) is 0 Å². The zero-order valence-electron chi connectivity index (χ0n) is 12.3. The molecule has 2 rings (SSSR count). The Bertz CT molecular complexity index is 639. The second-order valence-corrected chi connectivity index (χ2v) is 5.27.